The minimum Gasteiger partial charge on any atom is -0.326 e. The Morgan fingerprint density at radius 1 is 1.38 bits per heavy atom. The third-order valence-electron chi connectivity index (χ3n) is 3.94. The van der Waals surface area contributed by atoms with Crippen LogP contribution in [-0.2, 0) is 16.0 Å². The van der Waals surface area contributed by atoms with Crippen molar-refractivity contribution in [2.24, 2.45) is 5.92 Å². The summed E-state index contributed by atoms with van der Waals surface area (Å²) in [6.07, 6.45) is 1.34. The average Bonchev–Trinajstić information content (AvgIpc) is 3.01. The van der Waals surface area contributed by atoms with Crippen LogP contribution >= 0.6 is 11.3 Å². The molecule has 124 valence electrons. The summed E-state index contributed by atoms with van der Waals surface area (Å²) >= 11 is 1.22. The van der Waals surface area contributed by atoms with E-state index >= 15 is 0 Å². The molecule has 0 unspecified atom stereocenters. The molecule has 1 aromatic carbocycles. The predicted molar refractivity (Wildman–Crippen MR) is 92.2 cm³/mol. The summed E-state index contributed by atoms with van der Waals surface area (Å²) < 4.78 is 0. The quantitative estimate of drug-likeness (QED) is 0.817. The zero-order chi connectivity index (χ0) is 17.1. The van der Waals surface area contributed by atoms with Gasteiger partial charge in [0.15, 0.2) is 10.9 Å². The molecule has 1 aliphatic heterocycles. The second-order valence-electron chi connectivity index (χ2n) is 5.73. The molecule has 2 aromatic rings. The van der Waals surface area contributed by atoms with Gasteiger partial charge in [0.1, 0.15) is 5.69 Å². The Bertz CT molecular complexity index is 800. The molecule has 24 heavy (non-hydrogen) atoms. The molecule has 0 spiro atoms. The first-order chi connectivity index (χ1) is 11.5. The highest BCUT2D eigenvalue weighted by Crippen LogP contribution is 2.27. The summed E-state index contributed by atoms with van der Waals surface area (Å²) in [5.41, 5.74) is 2.29. The van der Waals surface area contributed by atoms with Gasteiger partial charge < -0.3 is 10.6 Å². The molecule has 0 fully saturated rings. The zero-order valence-corrected chi connectivity index (χ0v) is 14.0. The van der Waals surface area contributed by atoms with E-state index in [1.54, 1.807) is 5.38 Å². The molecule has 7 heteroatoms. The van der Waals surface area contributed by atoms with Crippen LogP contribution in [0.5, 0.6) is 0 Å². The number of amides is 2. The lowest BCUT2D eigenvalue weighted by Gasteiger charge is -2.24. The van der Waals surface area contributed by atoms with Gasteiger partial charge in [0.2, 0.25) is 11.8 Å². The number of fused-ring (bicyclic) bond motifs is 1. The van der Waals surface area contributed by atoms with Gasteiger partial charge in [-0.1, -0.05) is 18.2 Å². The number of anilines is 2. The van der Waals surface area contributed by atoms with Crippen LogP contribution in [0.25, 0.3) is 0 Å². The van der Waals surface area contributed by atoms with Crippen molar-refractivity contribution in [3.05, 3.63) is 40.9 Å². The van der Waals surface area contributed by atoms with E-state index in [1.165, 1.54) is 18.3 Å². The van der Waals surface area contributed by atoms with E-state index in [9.17, 15) is 14.4 Å². The molecule has 2 N–H and O–H groups in total. The highest BCUT2D eigenvalue weighted by atomic mass is 32.1. The van der Waals surface area contributed by atoms with Crippen LogP contribution in [0.1, 0.15) is 35.8 Å². The SMILES string of the molecule is CC(=O)c1csc(NC(=O)CC[C@@H]2Cc3ccccc3NC2=O)n1. The molecule has 0 bridgehead atoms. The van der Waals surface area contributed by atoms with Gasteiger partial charge in [-0.25, -0.2) is 4.98 Å². The number of aromatic nitrogens is 1. The molecule has 1 aromatic heterocycles. The highest BCUT2D eigenvalue weighted by molar-refractivity contribution is 7.14. The van der Waals surface area contributed by atoms with Gasteiger partial charge in [0.05, 0.1) is 0 Å². The van der Waals surface area contributed by atoms with Crippen molar-refractivity contribution in [3.63, 3.8) is 0 Å². The molecular weight excluding hydrogens is 326 g/mol. The van der Waals surface area contributed by atoms with Crippen LogP contribution in [0.15, 0.2) is 29.6 Å². The third-order valence-corrected chi connectivity index (χ3v) is 4.70. The number of thiazole rings is 1. The van der Waals surface area contributed by atoms with E-state index in [4.69, 9.17) is 0 Å². The largest absolute Gasteiger partial charge is 0.326 e. The fourth-order valence-electron chi connectivity index (χ4n) is 2.63. The van der Waals surface area contributed by atoms with E-state index in [0.717, 1.165) is 11.3 Å². The number of ketones is 1. The zero-order valence-electron chi connectivity index (χ0n) is 13.2. The van der Waals surface area contributed by atoms with Crippen molar-refractivity contribution < 1.29 is 14.4 Å². The minimum atomic E-state index is -0.213. The van der Waals surface area contributed by atoms with Crippen molar-refractivity contribution in [2.45, 2.75) is 26.2 Å². The van der Waals surface area contributed by atoms with Crippen molar-refractivity contribution in [1.29, 1.82) is 0 Å². The van der Waals surface area contributed by atoms with E-state index in [1.807, 2.05) is 24.3 Å². The fourth-order valence-corrected chi connectivity index (χ4v) is 3.39. The van der Waals surface area contributed by atoms with Gasteiger partial charge in [-0.2, -0.15) is 0 Å². The first-order valence-electron chi connectivity index (χ1n) is 7.68. The van der Waals surface area contributed by atoms with Gasteiger partial charge in [-0.05, 0) is 24.5 Å². The summed E-state index contributed by atoms with van der Waals surface area (Å²) in [7, 11) is 0. The number of nitrogens with zero attached hydrogens (tertiary/aromatic N) is 1. The summed E-state index contributed by atoms with van der Waals surface area (Å²) in [6.45, 7) is 1.43. The Morgan fingerprint density at radius 2 is 2.17 bits per heavy atom. The van der Waals surface area contributed by atoms with Gasteiger partial charge >= 0.3 is 0 Å². The number of rotatable bonds is 5. The maximum Gasteiger partial charge on any atom is 0.227 e. The lowest BCUT2D eigenvalue weighted by atomic mass is 9.89. The van der Waals surface area contributed by atoms with Gasteiger partial charge in [0, 0.05) is 30.3 Å². The lowest BCUT2D eigenvalue weighted by Crippen LogP contribution is -2.30. The summed E-state index contributed by atoms with van der Waals surface area (Å²) in [4.78, 5) is 39.4. The first kappa shape index (κ1) is 16.3. The number of para-hydroxylation sites is 1. The van der Waals surface area contributed by atoms with Crippen LogP contribution in [0.3, 0.4) is 0 Å². The molecule has 1 atom stereocenters. The monoisotopic (exact) mass is 343 g/mol. The van der Waals surface area contributed by atoms with E-state index in [-0.39, 0.29) is 29.9 Å². The molecule has 3 rings (SSSR count). The fraction of sp³-hybridized carbons (Fsp3) is 0.294. The van der Waals surface area contributed by atoms with Gasteiger partial charge in [0.25, 0.3) is 0 Å². The topological polar surface area (TPSA) is 88.2 Å². The maximum absolute atomic E-state index is 12.1. The number of benzene rings is 1. The maximum atomic E-state index is 12.1. The number of carbonyl (C=O) groups excluding carboxylic acids is 3. The molecule has 0 saturated carbocycles. The van der Waals surface area contributed by atoms with E-state index < -0.39 is 0 Å². The van der Waals surface area contributed by atoms with Gasteiger partial charge in [-0.3, -0.25) is 14.4 Å². The molecule has 6 nitrogen and oxygen atoms in total. The Balaban J connectivity index is 1.54. The Morgan fingerprint density at radius 3 is 2.92 bits per heavy atom. The highest BCUT2D eigenvalue weighted by Gasteiger charge is 2.26. The van der Waals surface area contributed by atoms with E-state index in [2.05, 4.69) is 15.6 Å². The number of hydrogen-bond acceptors (Lipinski definition) is 5. The molecule has 1 aliphatic rings. The summed E-state index contributed by atoms with van der Waals surface area (Å²) in [5.74, 6) is -0.597. The second-order valence-corrected chi connectivity index (χ2v) is 6.59. The molecule has 2 heterocycles. The molecule has 2 amide bonds. The van der Waals surface area contributed by atoms with Crippen molar-refractivity contribution >= 4 is 39.8 Å². The lowest BCUT2D eigenvalue weighted by molar-refractivity contribution is -0.121. The van der Waals surface area contributed by atoms with Crippen LogP contribution in [0.2, 0.25) is 0 Å². The van der Waals surface area contributed by atoms with Crippen LogP contribution in [0.4, 0.5) is 10.8 Å². The van der Waals surface area contributed by atoms with Crippen molar-refractivity contribution in [1.82, 2.24) is 4.98 Å². The van der Waals surface area contributed by atoms with Crippen LogP contribution in [-0.4, -0.2) is 22.6 Å². The van der Waals surface area contributed by atoms with Crippen LogP contribution in [0, 0.1) is 5.92 Å². The van der Waals surface area contributed by atoms with Crippen molar-refractivity contribution in [2.75, 3.05) is 10.6 Å². The Hall–Kier alpha value is -2.54. The van der Waals surface area contributed by atoms with Crippen molar-refractivity contribution in [3.8, 4) is 0 Å². The first-order valence-corrected chi connectivity index (χ1v) is 8.56. The molecular formula is C17H17N3O3S. The third kappa shape index (κ3) is 3.68. The standard InChI is InChI=1S/C17H17N3O3S/c1-10(21)14-9-24-17(19-14)20-15(22)7-6-12-8-11-4-2-3-5-13(11)18-16(12)23/h2-5,9,12H,6-8H2,1H3,(H,18,23)(H,19,20,22)/t12-/m1/s1. The predicted octanol–water partition coefficient (Wildman–Crippen LogP) is 2.88. The van der Waals surface area contributed by atoms with E-state index in [0.29, 0.717) is 23.7 Å². The smallest absolute Gasteiger partial charge is 0.227 e. The number of Topliss-reactive ketones (excluding diaryl/α,β-unsaturated/α-hetero) is 1. The molecule has 0 aliphatic carbocycles. The number of nitrogens with one attached hydrogen (secondary N) is 2. The second kappa shape index (κ2) is 6.92. The molecule has 0 saturated heterocycles. The number of carbonyl (C=O) groups is 3. The minimum absolute atomic E-state index is 0.0467. The number of hydrogen-bond donors (Lipinski definition) is 2. The normalized spacial score (nSPS) is 16.2. The van der Waals surface area contributed by atoms with Crippen LogP contribution < -0.4 is 10.6 Å². The van der Waals surface area contributed by atoms with Gasteiger partial charge in [-0.15, -0.1) is 11.3 Å². The summed E-state index contributed by atoms with van der Waals surface area (Å²) in [5, 5.41) is 7.58. The Labute approximate surface area is 143 Å². The molecule has 0 radical (unpaired) electrons. The Kier molecular flexibility index (Phi) is 4.71. The average molecular weight is 343 g/mol. The summed E-state index contributed by atoms with van der Waals surface area (Å²) in [6, 6.07) is 7.69.